The molecule has 4 aromatic rings. The fourth-order valence-electron chi connectivity index (χ4n) is 2.53. The molecule has 30 heavy (non-hydrogen) atoms. The Kier molecular flexibility index (Phi) is 5.53. The molecule has 2 aromatic heterocycles. The first kappa shape index (κ1) is 20.1. The van der Waals surface area contributed by atoms with Crippen LogP contribution in [0.3, 0.4) is 0 Å². The van der Waals surface area contributed by atoms with Crippen molar-refractivity contribution in [3.05, 3.63) is 76.6 Å². The average molecular weight is 461 g/mol. The van der Waals surface area contributed by atoms with Gasteiger partial charge in [0, 0.05) is 5.02 Å². The van der Waals surface area contributed by atoms with Crippen molar-refractivity contribution in [2.75, 3.05) is 10.0 Å². The van der Waals surface area contributed by atoms with Crippen LogP contribution in [0.4, 0.5) is 11.7 Å². The number of carbonyl (C=O) groups is 1. The summed E-state index contributed by atoms with van der Waals surface area (Å²) in [6, 6.07) is 15.4. The first-order valence-corrected chi connectivity index (χ1v) is 11.2. The van der Waals surface area contributed by atoms with Gasteiger partial charge in [-0.3, -0.25) is 14.8 Å². The molecule has 11 heteroatoms. The van der Waals surface area contributed by atoms with Crippen LogP contribution in [0, 0.1) is 0 Å². The van der Waals surface area contributed by atoms with E-state index in [-0.39, 0.29) is 28.1 Å². The molecule has 2 N–H and O–H groups in total. The van der Waals surface area contributed by atoms with E-state index < -0.39 is 15.9 Å². The Bertz CT molecular complexity index is 1290. The highest BCUT2D eigenvalue weighted by molar-refractivity contribution is 7.92. The standard InChI is InChI=1S/C19H13ClN4O4S2/c20-12-7-9-13(10-8-12)30(26,27)24-15-5-2-1-4-14(15)17(25)21-19-23-22-18(28-19)16-6-3-11-29-16/h1-11,24H,(H,21,23,25). The molecule has 0 aliphatic carbocycles. The summed E-state index contributed by atoms with van der Waals surface area (Å²) >= 11 is 7.23. The van der Waals surface area contributed by atoms with Gasteiger partial charge in [-0.1, -0.05) is 34.9 Å². The van der Waals surface area contributed by atoms with Crippen molar-refractivity contribution < 1.29 is 17.6 Å². The number of amides is 1. The highest BCUT2D eigenvalue weighted by atomic mass is 35.5. The third-order valence-corrected chi connectivity index (χ3v) is 6.41. The molecule has 0 atom stereocenters. The Hall–Kier alpha value is -3.21. The topological polar surface area (TPSA) is 114 Å². The zero-order valence-electron chi connectivity index (χ0n) is 15.1. The zero-order chi connectivity index (χ0) is 21.1. The van der Waals surface area contributed by atoms with E-state index in [4.69, 9.17) is 16.0 Å². The molecule has 2 aromatic carbocycles. The lowest BCUT2D eigenvalue weighted by molar-refractivity contribution is 0.102. The van der Waals surface area contributed by atoms with Gasteiger partial charge >= 0.3 is 6.01 Å². The number of hydrogen-bond acceptors (Lipinski definition) is 7. The monoisotopic (exact) mass is 460 g/mol. The second-order valence-corrected chi connectivity index (χ2v) is 9.02. The molecular formula is C19H13ClN4O4S2. The van der Waals surface area contributed by atoms with Crippen LogP contribution in [0.2, 0.25) is 5.02 Å². The van der Waals surface area contributed by atoms with Crippen molar-refractivity contribution >= 4 is 50.6 Å². The van der Waals surface area contributed by atoms with Crippen LogP contribution in [-0.2, 0) is 10.0 Å². The van der Waals surface area contributed by atoms with Crippen molar-refractivity contribution in [3.8, 4) is 10.8 Å². The molecular weight excluding hydrogens is 448 g/mol. The summed E-state index contributed by atoms with van der Waals surface area (Å²) in [7, 11) is -3.92. The summed E-state index contributed by atoms with van der Waals surface area (Å²) in [5.41, 5.74) is 0.189. The van der Waals surface area contributed by atoms with E-state index in [0.29, 0.717) is 5.02 Å². The molecule has 0 aliphatic heterocycles. The SMILES string of the molecule is O=C(Nc1nnc(-c2cccs2)o1)c1ccccc1NS(=O)(=O)c1ccc(Cl)cc1. The van der Waals surface area contributed by atoms with E-state index in [1.807, 2.05) is 17.5 Å². The maximum absolute atomic E-state index is 12.7. The molecule has 0 saturated carbocycles. The molecule has 4 rings (SSSR count). The van der Waals surface area contributed by atoms with Gasteiger partial charge in [0.25, 0.3) is 21.8 Å². The van der Waals surface area contributed by atoms with Crippen LogP contribution in [0.25, 0.3) is 10.8 Å². The Labute approximate surface area is 180 Å². The summed E-state index contributed by atoms with van der Waals surface area (Å²) in [5.74, 6) is -0.331. The van der Waals surface area contributed by atoms with E-state index in [9.17, 15) is 13.2 Å². The third-order valence-electron chi connectivity index (χ3n) is 3.92. The normalized spacial score (nSPS) is 11.2. The molecule has 0 spiro atoms. The van der Waals surface area contributed by atoms with E-state index >= 15 is 0 Å². The number of carbonyl (C=O) groups excluding carboxylic acids is 1. The molecule has 0 aliphatic rings. The first-order valence-electron chi connectivity index (χ1n) is 8.48. The lowest BCUT2D eigenvalue weighted by Gasteiger charge is -2.12. The summed E-state index contributed by atoms with van der Waals surface area (Å²) in [6.07, 6.45) is 0. The van der Waals surface area contributed by atoms with E-state index in [2.05, 4.69) is 20.2 Å². The number of nitrogens with one attached hydrogen (secondary N) is 2. The fourth-order valence-corrected chi connectivity index (χ4v) is 4.38. The van der Waals surface area contributed by atoms with Gasteiger partial charge in [0.05, 0.1) is 21.0 Å². The molecule has 0 saturated heterocycles. The predicted molar refractivity (Wildman–Crippen MR) is 114 cm³/mol. The smallest absolute Gasteiger partial charge is 0.322 e. The van der Waals surface area contributed by atoms with Crippen LogP contribution < -0.4 is 10.0 Å². The van der Waals surface area contributed by atoms with E-state index in [0.717, 1.165) is 4.88 Å². The van der Waals surface area contributed by atoms with Crippen molar-refractivity contribution in [2.45, 2.75) is 4.90 Å². The molecule has 152 valence electrons. The molecule has 2 heterocycles. The lowest BCUT2D eigenvalue weighted by atomic mass is 10.2. The minimum atomic E-state index is -3.92. The quantitative estimate of drug-likeness (QED) is 0.437. The van der Waals surface area contributed by atoms with E-state index in [1.54, 1.807) is 12.1 Å². The van der Waals surface area contributed by atoms with Crippen molar-refractivity contribution in [1.29, 1.82) is 0 Å². The maximum atomic E-state index is 12.7. The van der Waals surface area contributed by atoms with Gasteiger partial charge in [-0.05, 0) is 47.8 Å². The van der Waals surface area contributed by atoms with Gasteiger partial charge in [0.1, 0.15) is 0 Å². The number of aromatic nitrogens is 2. The second-order valence-electron chi connectivity index (χ2n) is 5.95. The number of nitrogens with zero attached hydrogens (tertiary/aromatic N) is 2. The maximum Gasteiger partial charge on any atom is 0.322 e. The van der Waals surface area contributed by atoms with Gasteiger partial charge in [0.2, 0.25) is 0 Å². The van der Waals surface area contributed by atoms with Crippen LogP contribution in [0.15, 0.2) is 75.4 Å². The van der Waals surface area contributed by atoms with Crippen LogP contribution in [0.5, 0.6) is 0 Å². The number of halogens is 1. The van der Waals surface area contributed by atoms with Gasteiger partial charge in [-0.15, -0.1) is 16.4 Å². The lowest BCUT2D eigenvalue weighted by Crippen LogP contribution is -2.18. The minimum absolute atomic E-state index is 0.0135. The third kappa shape index (κ3) is 4.35. The van der Waals surface area contributed by atoms with Crippen molar-refractivity contribution in [3.63, 3.8) is 0 Å². The number of sulfonamides is 1. The van der Waals surface area contributed by atoms with Gasteiger partial charge in [-0.2, -0.15) is 0 Å². The number of hydrogen-bond donors (Lipinski definition) is 2. The number of benzene rings is 2. The van der Waals surface area contributed by atoms with Crippen LogP contribution >= 0.6 is 22.9 Å². The minimum Gasteiger partial charge on any atom is -0.402 e. The van der Waals surface area contributed by atoms with Crippen molar-refractivity contribution in [1.82, 2.24) is 10.2 Å². The number of thiophene rings is 1. The van der Waals surface area contributed by atoms with Crippen molar-refractivity contribution in [2.24, 2.45) is 0 Å². The van der Waals surface area contributed by atoms with Crippen LogP contribution in [-0.4, -0.2) is 24.5 Å². The molecule has 8 nitrogen and oxygen atoms in total. The Balaban J connectivity index is 1.55. The Morgan fingerprint density at radius 2 is 1.77 bits per heavy atom. The Morgan fingerprint density at radius 3 is 2.50 bits per heavy atom. The predicted octanol–water partition coefficient (Wildman–Crippen LogP) is 4.50. The summed E-state index contributed by atoms with van der Waals surface area (Å²) < 4.78 is 33.2. The van der Waals surface area contributed by atoms with Gasteiger partial charge in [0.15, 0.2) is 0 Å². The summed E-state index contributed by atoms with van der Waals surface area (Å²) in [4.78, 5) is 13.5. The number of para-hydroxylation sites is 1. The highest BCUT2D eigenvalue weighted by Gasteiger charge is 2.20. The Morgan fingerprint density at radius 1 is 1.00 bits per heavy atom. The molecule has 0 radical (unpaired) electrons. The van der Waals surface area contributed by atoms with Crippen LogP contribution in [0.1, 0.15) is 10.4 Å². The number of anilines is 2. The van der Waals surface area contributed by atoms with Gasteiger partial charge in [-0.25, -0.2) is 8.42 Å². The summed E-state index contributed by atoms with van der Waals surface area (Å²) in [5, 5.41) is 12.5. The van der Waals surface area contributed by atoms with Gasteiger partial charge < -0.3 is 4.42 Å². The largest absolute Gasteiger partial charge is 0.402 e. The molecule has 0 fully saturated rings. The zero-order valence-corrected chi connectivity index (χ0v) is 17.5. The number of rotatable bonds is 6. The molecule has 1 amide bonds. The first-order chi connectivity index (χ1) is 14.4. The summed E-state index contributed by atoms with van der Waals surface area (Å²) in [6.45, 7) is 0. The highest BCUT2D eigenvalue weighted by Crippen LogP contribution is 2.26. The average Bonchev–Trinajstić information content (AvgIpc) is 3.40. The molecule has 0 unspecified atom stereocenters. The van der Waals surface area contributed by atoms with E-state index in [1.165, 1.54) is 47.7 Å². The molecule has 0 bridgehead atoms. The fraction of sp³-hybridized carbons (Fsp3) is 0. The second kappa shape index (κ2) is 8.27.